The molecule has 1 atom stereocenters. The number of aromatic carboxylic acids is 1. The normalized spacial score (nSPS) is 16.7. The first-order valence-electron chi connectivity index (χ1n) is 13.6. The molecule has 1 unspecified atom stereocenters. The summed E-state index contributed by atoms with van der Waals surface area (Å²) in [6.07, 6.45) is 0.445. The molecule has 1 fully saturated rings. The van der Waals surface area contributed by atoms with Gasteiger partial charge in [-0.15, -0.1) is 0 Å². The third-order valence-corrected chi connectivity index (χ3v) is 7.38. The molecule has 0 saturated carbocycles. The zero-order chi connectivity index (χ0) is 28.4. The summed E-state index contributed by atoms with van der Waals surface area (Å²) < 4.78 is 11.6. The molecule has 5 rings (SSSR count). The van der Waals surface area contributed by atoms with Gasteiger partial charge in [0.25, 0.3) is 0 Å². The SMILES string of the molecule is CC(C)(C)OC(=O)N1CCCC(N(Cc2ccc(C(=O)O)[nH]2)C(=O)OCC2c3ccccc3-c3ccccc32)C1. The number of rotatable bonds is 6. The van der Waals surface area contributed by atoms with Gasteiger partial charge in [0.2, 0.25) is 0 Å². The molecule has 40 heavy (non-hydrogen) atoms. The third kappa shape index (κ3) is 5.83. The molecule has 0 radical (unpaired) electrons. The van der Waals surface area contributed by atoms with E-state index in [1.807, 2.05) is 45.0 Å². The minimum Gasteiger partial charge on any atom is -0.477 e. The van der Waals surface area contributed by atoms with Crippen LogP contribution in [0.3, 0.4) is 0 Å². The second-order valence-electron chi connectivity index (χ2n) is 11.4. The quantitative estimate of drug-likeness (QED) is 0.401. The second kappa shape index (κ2) is 11.1. The molecule has 9 heteroatoms. The average Bonchev–Trinajstić information content (AvgIpc) is 3.53. The molecular weight excluding hydrogens is 510 g/mol. The molecule has 2 amide bonds. The predicted octanol–water partition coefficient (Wildman–Crippen LogP) is 5.86. The van der Waals surface area contributed by atoms with Crippen molar-refractivity contribution in [3.63, 3.8) is 0 Å². The van der Waals surface area contributed by atoms with Gasteiger partial charge < -0.3 is 24.5 Å². The van der Waals surface area contributed by atoms with Crippen LogP contribution in [0, 0.1) is 0 Å². The Balaban J connectivity index is 1.36. The maximum absolute atomic E-state index is 13.7. The number of carboxylic acid groups (broad SMARTS) is 1. The molecule has 3 aromatic rings. The van der Waals surface area contributed by atoms with Crippen LogP contribution in [0.5, 0.6) is 0 Å². The van der Waals surface area contributed by atoms with E-state index < -0.39 is 23.8 Å². The van der Waals surface area contributed by atoms with Crippen molar-refractivity contribution in [1.29, 1.82) is 0 Å². The van der Waals surface area contributed by atoms with Crippen LogP contribution >= 0.6 is 0 Å². The molecule has 2 aromatic carbocycles. The Morgan fingerprint density at radius 3 is 2.25 bits per heavy atom. The molecule has 2 heterocycles. The van der Waals surface area contributed by atoms with Crippen LogP contribution in [0.1, 0.15) is 66.8 Å². The summed E-state index contributed by atoms with van der Waals surface area (Å²) >= 11 is 0. The highest BCUT2D eigenvalue weighted by Crippen LogP contribution is 2.44. The van der Waals surface area contributed by atoms with E-state index in [-0.39, 0.29) is 30.8 Å². The van der Waals surface area contributed by atoms with E-state index in [9.17, 15) is 19.5 Å². The Kier molecular flexibility index (Phi) is 7.56. The van der Waals surface area contributed by atoms with E-state index in [0.717, 1.165) is 22.3 Å². The summed E-state index contributed by atoms with van der Waals surface area (Å²) in [7, 11) is 0. The molecule has 210 valence electrons. The van der Waals surface area contributed by atoms with Crippen LogP contribution in [0.2, 0.25) is 0 Å². The molecule has 1 saturated heterocycles. The van der Waals surface area contributed by atoms with Gasteiger partial charge in [-0.25, -0.2) is 14.4 Å². The monoisotopic (exact) mass is 545 g/mol. The Bertz CT molecular complexity index is 1360. The van der Waals surface area contributed by atoms with Crippen molar-refractivity contribution in [3.8, 4) is 11.1 Å². The highest BCUT2D eigenvalue weighted by Gasteiger charge is 2.35. The standard InChI is InChI=1S/C31H35N3O6/c1-31(2,3)40-29(37)33-16-8-9-21(18-33)34(17-20-14-15-27(32-20)28(35)36)30(38)39-19-26-24-12-6-4-10-22(24)23-11-5-7-13-25(23)26/h4-7,10-15,21,26,32H,8-9,16-19H2,1-3H3,(H,35,36). The van der Waals surface area contributed by atoms with Crippen LogP contribution in [0.25, 0.3) is 11.1 Å². The summed E-state index contributed by atoms with van der Waals surface area (Å²) in [5, 5.41) is 9.35. The molecule has 1 aromatic heterocycles. The van der Waals surface area contributed by atoms with Crippen LogP contribution < -0.4 is 0 Å². The maximum atomic E-state index is 13.7. The van der Waals surface area contributed by atoms with Crippen molar-refractivity contribution < 1.29 is 29.0 Å². The molecule has 1 aliphatic heterocycles. The Labute approximate surface area is 233 Å². The topological polar surface area (TPSA) is 112 Å². The number of carbonyl (C=O) groups is 3. The number of hydrogen-bond acceptors (Lipinski definition) is 5. The lowest BCUT2D eigenvalue weighted by molar-refractivity contribution is 0.00786. The van der Waals surface area contributed by atoms with E-state index in [1.54, 1.807) is 15.9 Å². The fraction of sp³-hybridized carbons (Fsp3) is 0.387. The lowest BCUT2D eigenvalue weighted by Crippen LogP contribution is -2.52. The lowest BCUT2D eigenvalue weighted by Gasteiger charge is -2.39. The number of benzene rings is 2. The smallest absolute Gasteiger partial charge is 0.410 e. The van der Waals surface area contributed by atoms with E-state index in [0.29, 0.717) is 31.6 Å². The molecule has 0 spiro atoms. The first-order chi connectivity index (χ1) is 19.1. The number of nitrogens with zero attached hydrogens (tertiary/aromatic N) is 2. The van der Waals surface area contributed by atoms with Crippen LogP contribution in [0.15, 0.2) is 60.7 Å². The van der Waals surface area contributed by atoms with Gasteiger partial charge in [-0.2, -0.15) is 0 Å². The molecule has 1 aliphatic carbocycles. The minimum absolute atomic E-state index is 0.0431. The number of aromatic amines is 1. The van der Waals surface area contributed by atoms with E-state index in [2.05, 4.69) is 29.2 Å². The Hall–Kier alpha value is -4.27. The van der Waals surface area contributed by atoms with Gasteiger partial charge in [0, 0.05) is 24.7 Å². The highest BCUT2D eigenvalue weighted by molar-refractivity contribution is 5.85. The molecular formula is C31H35N3O6. The third-order valence-electron chi connectivity index (χ3n) is 7.38. The first kappa shape index (κ1) is 27.3. The first-order valence-corrected chi connectivity index (χ1v) is 13.6. The van der Waals surface area contributed by atoms with E-state index in [1.165, 1.54) is 6.07 Å². The zero-order valence-corrected chi connectivity index (χ0v) is 23.1. The van der Waals surface area contributed by atoms with Crippen LogP contribution in [-0.2, 0) is 16.0 Å². The number of H-pyrrole nitrogens is 1. The van der Waals surface area contributed by atoms with E-state index >= 15 is 0 Å². The zero-order valence-electron chi connectivity index (χ0n) is 23.1. The fourth-order valence-electron chi connectivity index (χ4n) is 5.56. The van der Waals surface area contributed by atoms with Gasteiger partial charge in [-0.05, 0) is 68.0 Å². The van der Waals surface area contributed by atoms with Crippen LogP contribution in [0.4, 0.5) is 9.59 Å². The van der Waals surface area contributed by atoms with Gasteiger partial charge in [0.05, 0.1) is 12.6 Å². The predicted molar refractivity (Wildman–Crippen MR) is 149 cm³/mol. The number of aromatic nitrogens is 1. The Morgan fingerprint density at radius 2 is 1.65 bits per heavy atom. The fourth-order valence-corrected chi connectivity index (χ4v) is 5.56. The number of amides is 2. The molecule has 9 nitrogen and oxygen atoms in total. The maximum Gasteiger partial charge on any atom is 0.410 e. The average molecular weight is 546 g/mol. The summed E-state index contributed by atoms with van der Waals surface area (Å²) in [6.45, 7) is 6.58. The summed E-state index contributed by atoms with van der Waals surface area (Å²) in [5.74, 6) is -1.17. The van der Waals surface area contributed by atoms with Gasteiger partial charge in [0.15, 0.2) is 0 Å². The largest absolute Gasteiger partial charge is 0.477 e. The number of fused-ring (bicyclic) bond motifs is 3. The van der Waals surface area contributed by atoms with Crippen molar-refractivity contribution in [1.82, 2.24) is 14.8 Å². The van der Waals surface area contributed by atoms with Crippen LogP contribution in [-0.4, -0.2) is 69.4 Å². The lowest BCUT2D eigenvalue weighted by atomic mass is 9.98. The number of ether oxygens (including phenoxy) is 2. The number of carboxylic acids is 1. The van der Waals surface area contributed by atoms with Crippen molar-refractivity contribution in [2.75, 3.05) is 19.7 Å². The van der Waals surface area contributed by atoms with Gasteiger partial charge in [0.1, 0.15) is 17.9 Å². The molecule has 2 N–H and O–H groups in total. The van der Waals surface area contributed by atoms with Crippen molar-refractivity contribution in [3.05, 3.63) is 83.2 Å². The second-order valence-corrected chi connectivity index (χ2v) is 11.4. The Morgan fingerprint density at radius 1 is 1.00 bits per heavy atom. The summed E-state index contributed by atoms with van der Waals surface area (Å²) in [5.41, 5.74) is 4.50. The number of likely N-dealkylation sites (tertiary alicyclic amines) is 1. The number of piperidine rings is 1. The van der Waals surface area contributed by atoms with Crippen molar-refractivity contribution in [2.45, 2.75) is 57.7 Å². The van der Waals surface area contributed by atoms with Gasteiger partial charge >= 0.3 is 18.2 Å². The van der Waals surface area contributed by atoms with Crippen molar-refractivity contribution in [2.24, 2.45) is 0 Å². The minimum atomic E-state index is -1.08. The molecule has 2 aliphatic rings. The number of carbonyl (C=O) groups excluding carboxylic acids is 2. The number of nitrogens with one attached hydrogen (secondary N) is 1. The summed E-state index contributed by atoms with van der Waals surface area (Å²) in [4.78, 5) is 44.1. The van der Waals surface area contributed by atoms with E-state index in [4.69, 9.17) is 9.47 Å². The van der Waals surface area contributed by atoms with Gasteiger partial charge in [-0.3, -0.25) is 4.90 Å². The highest BCUT2D eigenvalue weighted by atomic mass is 16.6. The molecule has 0 bridgehead atoms. The van der Waals surface area contributed by atoms with Crippen molar-refractivity contribution >= 4 is 18.2 Å². The number of hydrogen-bond donors (Lipinski definition) is 2. The van der Waals surface area contributed by atoms with Gasteiger partial charge in [-0.1, -0.05) is 48.5 Å². The summed E-state index contributed by atoms with van der Waals surface area (Å²) in [6, 6.07) is 19.1.